The van der Waals surface area contributed by atoms with Gasteiger partial charge in [-0.15, -0.1) is 0 Å². The van der Waals surface area contributed by atoms with Gasteiger partial charge >= 0.3 is 0 Å². The molecule has 2 aliphatic rings. The smallest absolute Gasteiger partial charge is 0.227 e. The molecule has 2 saturated heterocycles. The van der Waals surface area contributed by atoms with Crippen LogP contribution >= 0.6 is 0 Å². The summed E-state index contributed by atoms with van der Waals surface area (Å²) in [5.74, 6) is 0.312. The normalized spacial score (nSPS) is 22.4. The monoisotopic (exact) mass is 342 g/mol. The predicted octanol–water partition coefficient (Wildman–Crippen LogP) is 4.00. The van der Waals surface area contributed by atoms with Gasteiger partial charge in [0.05, 0.1) is 6.42 Å². The quantitative estimate of drug-likeness (QED) is 0.825. The molecule has 0 unspecified atom stereocenters. The third-order valence-corrected chi connectivity index (χ3v) is 5.79. The molecule has 2 fully saturated rings. The molecular weight excluding hydrogens is 308 g/mol. The van der Waals surface area contributed by atoms with Gasteiger partial charge in [-0.25, -0.2) is 0 Å². The fourth-order valence-corrected chi connectivity index (χ4v) is 4.18. The van der Waals surface area contributed by atoms with E-state index in [1.54, 1.807) is 0 Å². The standard InChI is InChI=1S/C22H34N2O/c1-22(2,3)19-11-9-18(10-12-19)16-21(25)24-15-5-4-8-20(24)17-23-13-6-7-14-23/h9-12,20H,4-8,13-17H2,1-3H3/t20-/m0/s1. The van der Waals surface area contributed by atoms with Crippen LogP contribution in [-0.4, -0.2) is 47.9 Å². The van der Waals surface area contributed by atoms with Crippen LogP contribution in [0.2, 0.25) is 0 Å². The maximum atomic E-state index is 12.9. The molecule has 2 aliphatic heterocycles. The van der Waals surface area contributed by atoms with Crippen LogP contribution in [0.1, 0.15) is 64.0 Å². The minimum atomic E-state index is 0.163. The molecule has 138 valence electrons. The van der Waals surface area contributed by atoms with Crippen molar-refractivity contribution in [2.24, 2.45) is 0 Å². The van der Waals surface area contributed by atoms with Crippen LogP contribution < -0.4 is 0 Å². The molecule has 0 aromatic heterocycles. The van der Waals surface area contributed by atoms with E-state index in [1.807, 2.05) is 0 Å². The second-order valence-corrected chi connectivity index (χ2v) is 8.87. The van der Waals surface area contributed by atoms with Crippen LogP contribution in [-0.2, 0) is 16.6 Å². The van der Waals surface area contributed by atoms with E-state index in [0.29, 0.717) is 18.4 Å². The molecule has 3 rings (SSSR count). The zero-order valence-electron chi connectivity index (χ0n) is 16.3. The largest absolute Gasteiger partial charge is 0.338 e. The minimum absolute atomic E-state index is 0.163. The van der Waals surface area contributed by atoms with Crippen molar-refractivity contribution in [3.05, 3.63) is 35.4 Å². The van der Waals surface area contributed by atoms with E-state index in [4.69, 9.17) is 0 Å². The summed E-state index contributed by atoms with van der Waals surface area (Å²) in [6, 6.07) is 9.06. The van der Waals surface area contributed by atoms with Gasteiger partial charge < -0.3 is 9.80 Å². The van der Waals surface area contributed by atoms with Crippen molar-refractivity contribution in [2.75, 3.05) is 26.2 Å². The Morgan fingerprint density at radius 2 is 1.64 bits per heavy atom. The summed E-state index contributed by atoms with van der Waals surface area (Å²) in [6.45, 7) is 11.1. The van der Waals surface area contributed by atoms with E-state index in [0.717, 1.165) is 25.1 Å². The molecule has 3 heteroatoms. The summed E-state index contributed by atoms with van der Waals surface area (Å²) in [5.41, 5.74) is 2.63. The third kappa shape index (κ3) is 4.84. The van der Waals surface area contributed by atoms with Gasteiger partial charge in [-0.05, 0) is 61.7 Å². The van der Waals surface area contributed by atoms with E-state index in [1.165, 1.54) is 44.3 Å². The Labute approximate surface area is 153 Å². The van der Waals surface area contributed by atoms with Gasteiger partial charge in [0.25, 0.3) is 0 Å². The summed E-state index contributed by atoms with van der Waals surface area (Å²) >= 11 is 0. The molecule has 0 aliphatic carbocycles. The number of hydrogen-bond acceptors (Lipinski definition) is 2. The molecule has 3 nitrogen and oxygen atoms in total. The van der Waals surface area contributed by atoms with E-state index in [-0.39, 0.29) is 5.41 Å². The highest BCUT2D eigenvalue weighted by atomic mass is 16.2. The third-order valence-electron chi connectivity index (χ3n) is 5.79. The summed E-state index contributed by atoms with van der Waals surface area (Å²) in [6.07, 6.45) is 6.78. The van der Waals surface area contributed by atoms with Crippen molar-refractivity contribution in [3.63, 3.8) is 0 Å². The van der Waals surface area contributed by atoms with Gasteiger partial charge in [0, 0.05) is 19.1 Å². The first-order valence-electron chi connectivity index (χ1n) is 10.0. The van der Waals surface area contributed by atoms with Gasteiger partial charge in [0.2, 0.25) is 5.91 Å². The molecule has 0 saturated carbocycles. The first kappa shape index (κ1) is 18.4. The summed E-state index contributed by atoms with van der Waals surface area (Å²) in [4.78, 5) is 17.7. The van der Waals surface area contributed by atoms with Crippen LogP contribution in [0, 0.1) is 0 Å². The van der Waals surface area contributed by atoms with Crippen LogP contribution in [0.3, 0.4) is 0 Å². The Bertz CT molecular complexity index is 567. The fraction of sp³-hybridized carbons (Fsp3) is 0.682. The average Bonchev–Trinajstić information content (AvgIpc) is 3.08. The van der Waals surface area contributed by atoms with Gasteiger partial charge in [0.1, 0.15) is 0 Å². The van der Waals surface area contributed by atoms with Gasteiger partial charge in [-0.1, -0.05) is 45.0 Å². The maximum absolute atomic E-state index is 12.9. The van der Waals surface area contributed by atoms with Crippen LogP contribution in [0.25, 0.3) is 0 Å². The van der Waals surface area contributed by atoms with Gasteiger partial charge in [0.15, 0.2) is 0 Å². The zero-order chi connectivity index (χ0) is 17.9. The number of carbonyl (C=O) groups is 1. The lowest BCUT2D eigenvalue weighted by molar-refractivity contribution is -0.134. The van der Waals surface area contributed by atoms with Gasteiger partial charge in [-0.2, -0.15) is 0 Å². The fourth-order valence-electron chi connectivity index (χ4n) is 4.18. The van der Waals surface area contributed by atoms with Crippen LogP contribution in [0.15, 0.2) is 24.3 Å². The molecule has 0 radical (unpaired) electrons. The Balaban J connectivity index is 1.61. The maximum Gasteiger partial charge on any atom is 0.227 e. The van der Waals surface area contributed by atoms with Crippen LogP contribution in [0.5, 0.6) is 0 Å². The van der Waals surface area contributed by atoms with Gasteiger partial charge in [-0.3, -0.25) is 4.79 Å². The Morgan fingerprint density at radius 1 is 1.00 bits per heavy atom. The first-order chi connectivity index (χ1) is 11.9. The molecule has 0 bridgehead atoms. The van der Waals surface area contributed by atoms with Crippen molar-refractivity contribution >= 4 is 5.91 Å². The molecule has 25 heavy (non-hydrogen) atoms. The van der Waals surface area contributed by atoms with Crippen molar-refractivity contribution in [1.29, 1.82) is 0 Å². The number of carbonyl (C=O) groups excluding carboxylic acids is 1. The Kier molecular flexibility index (Phi) is 5.83. The van der Waals surface area contributed by atoms with E-state index in [9.17, 15) is 4.79 Å². The number of benzene rings is 1. The number of likely N-dealkylation sites (tertiary alicyclic amines) is 2. The predicted molar refractivity (Wildman–Crippen MR) is 104 cm³/mol. The second kappa shape index (κ2) is 7.90. The van der Waals surface area contributed by atoms with E-state index in [2.05, 4.69) is 54.8 Å². The lowest BCUT2D eigenvalue weighted by Gasteiger charge is -2.38. The number of amides is 1. The van der Waals surface area contributed by atoms with Crippen molar-refractivity contribution in [3.8, 4) is 0 Å². The van der Waals surface area contributed by atoms with Crippen molar-refractivity contribution < 1.29 is 4.79 Å². The highest BCUT2D eigenvalue weighted by Crippen LogP contribution is 2.24. The Hall–Kier alpha value is -1.35. The molecule has 0 N–H and O–H groups in total. The molecule has 2 heterocycles. The van der Waals surface area contributed by atoms with Crippen LogP contribution in [0.4, 0.5) is 0 Å². The second-order valence-electron chi connectivity index (χ2n) is 8.87. The average molecular weight is 343 g/mol. The minimum Gasteiger partial charge on any atom is -0.338 e. The molecule has 1 amide bonds. The molecule has 1 aromatic rings. The van der Waals surface area contributed by atoms with E-state index >= 15 is 0 Å². The zero-order valence-corrected chi connectivity index (χ0v) is 16.3. The molecular formula is C22H34N2O. The SMILES string of the molecule is CC(C)(C)c1ccc(CC(=O)N2CCCC[C@H]2CN2CCCC2)cc1. The van der Waals surface area contributed by atoms with E-state index < -0.39 is 0 Å². The van der Waals surface area contributed by atoms with Crippen molar-refractivity contribution in [2.45, 2.75) is 70.8 Å². The summed E-state index contributed by atoms with van der Waals surface area (Å²) < 4.78 is 0. The summed E-state index contributed by atoms with van der Waals surface area (Å²) in [7, 11) is 0. The lowest BCUT2D eigenvalue weighted by Crippen LogP contribution is -2.49. The number of nitrogens with zero attached hydrogens (tertiary/aromatic N) is 2. The topological polar surface area (TPSA) is 23.6 Å². The number of hydrogen-bond donors (Lipinski definition) is 0. The molecule has 0 spiro atoms. The Morgan fingerprint density at radius 3 is 2.28 bits per heavy atom. The number of piperidine rings is 1. The summed E-state index contributed by atoms with van der Waals surface area (Å²) in [5, 5.41) is 0. The molecule has 1 atom stereocenters. The van der Waals surface area contributed by atoms with Crippen molar-refractivity contribution in [1.82, 2.24) is 9.80 Å². The lowest BCUT2D eigenvalue weighted by atomic mass is 9.86. The number of rotatable bonds is 4. The first-order valence-corrected chi connectivity index (χ1v) is 10.0. The molecule has 1 aromatic carbocycles. The highest BCUT2D eigenvalue weighted by Gasteiger charge is 2.29. The highest BCUT2D eigenvalue weighted by molar-refractivity contribution is 5.79.